The van der Waals surface area contributed by atoms with E-state index in [1.54, 1.807) is 0 Å². The van der Waals surface area contributed by atoms with Crippen LogP contribution in [0.15, 0.2) is 40.8 Å². The summed E-state index contributed by atoms with van der Waals surface area (Å²) in [7, 11) is 1.98. The fourth-order valence-corrected chi connectivity index (χ4v) is 2.97. The van der Waals surface area contributed by atoms with Crippen LogP contribution in [-0.4, -0.2) is 31.7 Å². The average molecular weight is 335 g/mol. The lowest BCUT2D eigenvalue weighted by atomic mass is 10.2. The van der Waals surface area contributed by atoms with E-state index in [0.29, 0.717) is 13.0 Å². The predicted octanol–water partition coefficient (Wildman–Crippen LogP) is 3.09. The van der Waals surface area contributed by atoms with Crippen molar-refractivity contribution in [3.8, 4) is 17.5 Å². The molecule has 25 heavy (non-hydrogen) atoms. The van der Waals surface area contributed by atoms with Crippen molar-refractivity contribution >= 4 is 16.8 Å². The van der Waals surface area contributed by atoms with Crippen molar-refractivity contribution in [2.45, 2.75) is 20.3 Å². The van der Waals surface area contributed by atoms with E-state index in [0.717, 1.165) is 46.7 Å². The molecule has 0 saturated heterocycles. The van der Waals surface area contributed by atoms with Crippen LogP contribution in [0.4, 0.5) is 5.69 Å². The average Bonchev–Trinajstić information content (AvgIpc) is 2.64. The first kappa shape index (κ1) is 17.0. The molecule has 2 aliphatic rings. The van der Waals surface area contributed by atoms with Crippen molar-refractivity contribution < 1.29 is 4.42 Å². The Morgan fingerprint density at radius 3 is 2.68 bits per heavy atom. The second kappa shape index (κ2) is 7.35. The Morgan fingerprint density at radius 2 is 1.96 bits per heavy atom. The maximum atomic E-state index is 8.75. The second-order valence-corrected chi connectivity index (χ2v) is 6.02. The third-order valence-corrected chi connectivity index (χ3v) is 4.48. The number of rotatable bonds is 5. The van der Waals surface area contributed by atoms with Crippen LogP contribution in [-0.2, 0) is 0 Å². The molecule has 0 N–H and O–H groups in total. The monoisotopic (exact) mass is 335 g/mol. The molecule has 1 heterocycles. The van der Waals surface area contributed by atoms with E-state index in [1.807, 2.05) is 31.3 Å². The van der Waals surface area contributed by atoms with Gasteiger partial charge in [0.1, 0.15) is 18.3 Å². The molecule has 0 saturated carbocycles. The van der Waals surface area contributed by atoms with Crippen LogP contribution in [0, 0.1) is 11.3 Å². The van der Waals surface area contributed by atoms with Crippen LogP contribution >= 0.6 is 0 Å². The summed E-state index contributed by atoms with van der Waals surface area (Å²) in [5, 5.41) is 9.78. The van der Waals surface area contributed by atoms with Gasteiger partial charge in [-0.1, -0.05) is 0 Å². The lowest BCUT2D eigenvalue weighted by molar-refractivity contribution is 0.607. The highest BCUT2D eigenvalue weighted by molar-refractivity contribution is 5.80. The molecule has 0 spiro atoms. The molecule has 1 aromatic rings. The summed E-state index contributed by atoms with van der Waals surface area (Å²) in [6, 6.07) is 14.3. The topological polar surface area (TPSA) is 56.1 Å². The number of anilines is 1. The zero-order valence-electron chi connectivity index (χ0n) is 15.0. The van der Waals surface area contributed by atoms with Crippen molar-refractivity contribution in [3.05, 3.63) is 41.8 Å². The quantitative estimate of drug-likeness (QED) is 0.531. The number of nitrogens with zero attached hydrogens (tertiary/aromatic N) is 4. The molecular formula is C20H23N4O+. The molecule has 128 valence electrons. The van der Waals surface area contributed by atoms with Crippen molar-refractivity contribution in [2.75, 3.05) is 31.6 Å². The molecule has 0 unspecified atom stereocenters. The molecule has 0 radical (unpaired) electrons. The Labute approximate surface area is 147 Å². The summed E-state index contributed by atoms with van der Waals surface area (Å²) in [6.07, 6.45) is 0.495. The zero-order valence-corrected chi connectivity index (χ0v) is 15.0. The number of nitriles is 1. The number of fused-ring (bicyclic) bond motifs is 2. The van der Waals surface area contributed by atoms with Gasteiger partial charge in [-0.2, -0.15) is 5.26 Å². The summed E-state index contributed by atoms with van der Waals surface area (Å²) in [4.78, 5) is 6.99. The standard InChI is InChI=1S/C20H23N4O/c1-4-24(5-2)16-8-10-18-20(14-16)25-19-13-15(7-9-17(19)22-18)23(3)12-6-11-21/h7-10,13-14H,4-6,12H2,1-3H3/q+1. The van der Waals surface area contributed by atoms with Crippen molar-refractivity contribution in [2.24, 2.45) is 0 Å². The Hall–Kier alpha value is -2.87. The Kier molecular flexibility index (Phi) is 4.99. The molecule has 0 atom stereocenters. The highest BCUT2D eigenvalue weighted by atomic mass is 16.3. The van der Waals surface area contributed by atoms with Crippen molar-refractivity contribution in [1.82, 2.24) is 9.56 Å². The summed E-state index contributed by atoms with van der Waals surface area (Å²) in [5.74, 6) is 0.755. The second-order valence-electron chi connectivity index (χ2n) is 6.02. The summed E-state index contributed by atoms with van der Waals surface area (Å²) in [5.41, 5.74) is 3.62. The molecule has 1 aliphatic carbocycles. The number of benzene rings is 2. The van der Waals surface area contributed by atoms with Gasteiger partial charge in [0.15, 0.2) is 17.9 Å². The van der Waals surface area contributed by atoms with Gasteiger partial charge in [-0.25, -0.2) is 9.56 Å². The van der Waals surface area contributed by atoms with Gasteiger partial charge in [0.05, 0.1) is 18.6 Å². The molecule has 3 rings (SSSR count). The van der Waals surface area contributed by atoms with Gasteiger partial charge in [0.2, 0.25) is 5.36 Å². The van der Waals surface area contributed by atoms with Crippen LogP contribution in [0.3, 0.4) is 0 Å². The molecule has 0 aromatic heterocycles. The Morgan fingerprint density at radius 1 is 1.16 bits per heavy atom. The van der Waals surface area contributed by atoms with Crippen LogP contribution in [0.2, 0.25) is 0 Å². The first-order valence-corrected chi connectivity index (χ1v) is 8.67. The Bertz CT molecular complexity index is 963. The van der Waals surface area contributed by atoms with E-state index in [2.05, 4.69) is 41.5 Å². The van der Waals surface area contributed by atoms with Gasteiger partial charge in [-0.05, 0) is 32.0 Å². The summed E-state index contributed by atoms with van der Waals surface area (Å²) < 4.78 is 8.19. The third kappa shape index (κ3) is 3.48. The van der Waals surface area contributed by atoms with Gasteiger partial charge in [0, 0.05) is 30.9 Å². The van der Waals surface area contributed by atoms with Gasteiger partial charge < -0.3 is 9.32 Å². The molecule has 1 aliphatic heterocycles. The summed E-state index contributed by atoms with van der Waals surface area (Å²) in [6.45, 7) is 6.89. The van der Waals surface area contributed by atoms with Gasteiger partial charge in [-0.15, -0.1) is 0 Å². The van der Waals surface area contributed by atoms with Crippen LogP contribution in [0.5, 0.6) is 0 Å². The van der Waals surface area contributed by atoms with E-state index >= 15 is 0 Å². The minimum atomic E-state index is 0.495. The van der Waals surface area contributed by atoms with E-state index in [1.165, 1.54) is 0 Å². The van der Waals surface area contributed by atoms with Crippen molar-refractivity contribution in [1.29, 1.82) is 5.26 Å². The van der Waals surface area contributed by atoms with Crippen molar-refractivity contribution in [3.63, 3.8) is 0 Å². The normalized spacial score (nSPS) is 12.2. The molecule has 5 heteroatoms. The van der Waals surface area contributed by atoms with Gasteiger partial charge in [0.25, 0.3) is 0 Å². The number of hydrogen-bond donors (Lipinski definition) is 0. The van der Waals surface area contributed by atoms with Crippen LogP contribution in [0.25, 0.3) is 22.6 Å². The van der Waals surface area contributed by atoms with E-state index in [4.69, 9.17) is 14.7 Å². The number of hydrogen-bond acceptors (Lipinski definition) is 4. The molecule has 0 amide bonds. The number of aromatic nitrogens is 1. The molecule has 1 aromatic carbocycles. The minimum Gasteiger partial charge on any atom is -0.452 e. The first-order chi connectivity index (χ1) is 12.2. The predicted molar refractivity (Wildman–Crippen MR) is 100 cm³/mol. The molecule has 0 fully saturated rings. The van der Waals surface area contributed by atoms with E-state index in [9.17, 15) is 0 Å². The van der Waals surface area contributed by atoms with Crippen LogP contribution in [0.1, 0.15) is 20.3 Å². The minimum absolute atomic E-state index is 0.495. The fraction of sp³-hybridized carbons (Fsp3) is 0.350. The largest absolute Gasteiger partial charge is 0.452 e. The lowest BCUT2D eigenvalue weighted by Crippen LogP contribution is -2.26. The zero-order chi connectivity index (χ0) is 17.8. The highest BCUT2D eigenvalue weighted by Gasteiger charge is 2.12. The third-order valence-electron chi connectivity index (χ3n) is 4.48. The first-order valence-electron chi connectivity index (χ1n) is 8.67. The maximum absolute atomic E-state index is 8.75. The summed E-state index contributed by atoms with van der Waals surface area (Å²) >= 11 is 0. The van der Waals surface area contributed by atoms with Gasteiger partial charge >= 0.3 is 0 Å². The SMILES string of the molecule is CCN(CC)c1ccc2nc3ccc(=[N+](C)CCC#N)cc-3oc2c1. The molecule has 5 nitrogen and oxygen atoms in total. The molecular weight excluding hydrogens is 312 g/mol. The fourth-order valence-electron chi connectivity index (χ4n) is 2.97. The smallest absolute Gasteiger partial charge is 0.203 e. The Balaban J connectivity index is 2.12. The molecule has 0 bridgehead atoms. The van der Waals surface area contributed by atoms with E-state index in [-0.39, 0.29) is 0 Å². The van der Waals surface area contributed by atoms with E-state index < -0.39 is 0 Å². The maximum Gasteiger partial charge on any atom is 0.203 e. The van der Waals surface area contributed by atoms with Crippen LogP contribution < -0.4 is 14.8 Å². The van der Waals surface area contributed by atoms with Gasteiger partial charge in [-0.3, -0.25) is 0 Å². The highest BCUT2D eigenvalue weighted by Crippen LogP contribution is 2.26. The lowest BCUT2D eigenvalue weighted by Gasteiger charge is -2.21.